The number of halogens is 1. The maximum Gasteiger partial charge on any atom is 0.341 e. The van der Waals surface area contributed by atoms with Crippen LogP contribution in [0.25, 0.3) is 0 Å². The molecule has 1 N–H and O–H groups in total. The van der Waals surface area contributed by atoms with Crippen molar-refractivity contribution in [3.05, 3.63) is 58.9 Å². The summed E-state index contributed by atoms with van der Waals surface area (Å²) < 4.78 is 44.5. The number of nitrogens with zero attached hydrogens (tertiary/aromatic N) is 1. The van der Waals surface area contributed by atoms with Crippen molar-refractivity contribution in [3.8, 4) is 0 Å². The van der Waals surface area contributed by atoms with Crippen molar-refractivity contribution >= 4 is 27.6 Å². The third-order valence-corrected chi connectivity index (χ3v) is 6.05. The Bertz CT molecular complexity index is 1050. The van der Waals surface area contributed by atoms with Gasteiger partial charge in [-0.15, -0.1) is 0 Å². The van der Waals surface area contributed by atoms with Crippen LogP contribution in [0.5, 0.6) is 0 Å². The van der Waals surface area contributed by atoms with Crippen molar-refractivity contribution in [2.24, 2.45) is 0 Å². The Morgan fingerprint density at radius 3 is 2.38 bits per heavy atom. The normalized spacial score (nSPS) is 12.5. The van der Waals surface area contributed by atoms with Gasteiger partial charge in [-0.2, -0.15) is 0 Å². The number of nitrogens with one attached hydrogen (secondary N) is 1. The molecule has 29 heavy (non-hydrogen) atoms. The Morgan fingerprint density at radius 2 is 1.76 bits per heavy atom. The van der Waals surface area contributed by atoms with Crippen LogP contribution in [0.2, 0.25) is 0 Å². The summed E-state index contributed by atoms with van der Waals surface area (Å²) in [5.74, 6) is -2.68. The molecule has 0 spiro atoms. The van der Waals surface area contributed by atoms with Crippen LogP contribution in [-0.2, 0) is 19.6 Å². The number of hydrogen-bond donors (Lipinski definition) is 1. The minimum Gasteiger partial charge on any atom is -0.449 e. The van der Waals surface area contributed by atoms with Crippen LogP contribution >= 0.6 is 0 Å². The van der Waals surface area contributed by atoms with Crippen LogP contribution in [0.1, 0.15) is 28.4 Å². The lowest BCUT2D eigenvalue weighted by Crippen LogP contribution is -2.30. The molecule has 2 aromatic rings. The van der Waals surface area contributed by atoms with Gasteiger partial charge in [0.1, 0.15) is 5.82 Å². The summed E-state index contributed by atoms with van der Waals surface area (Å²) in [6.45, 7) is 5.03. The number of anilines is 1. The Labute approximate surface area is 169 Å². The molecule has 1 atom stereocenters. The molecule has 2 aromatic carbocycles. The molecule has 0 saturated carbocycles. The Kier molecular flexibility index (Phi) is 6.76. The van der Waals surface area contributed by atoms with Gasteiger partial charge < -0.3 is 10.1 Å². The summed E-state index contributed by atoms with van der Waals surface area (Å²) in [6.07, 6.45) is -1.23. The van der Waals surface area contributed by atoms with Gasteiger partial charge in [-0.05, 0) is 56.2 Å². The zero-order chi connectivity index (χ0) is 21.9. The largest absolute Gasteiger partial charge is 0.449 e. The fraction of sp³-hybridized carbons (Fsp3) is 0.300. The lowest BCUT2D eigenvalue weighted by Gasteiger charge is -2.16. The third kappa shape index (κ3) is 5.18. The molecule has 0 unspecified atom stereocenters. The van der Waals surface area contributed by atoms with Crippen molar-refractivity contribution in [3.63, 3.8) is 0 Å². The fourth-order valence-corrected chi connectivity index (χ4v) is 3.34. The van der Waals surface area contributed by atoms with E-state index in [0.717, 1.165) is 33.6 Å². The predicted molar refractivity (Wildman–Crippen MR) is 107 cm³/mol. The lowest BCUT2D eigenvalue weighted by atomic mass is 10.1. The van der Waals surface area contributed by atoms with E-state index >= 15 is 0 Å². The zero-order valence-electron chi connectivity index (χ0n) is 16.8. The smallest absolute Gasteiger partial charge is 0.341 e. The molecule has 0 radical (unpaired) electrons. The van der Waals surface area contributed by atoms with E-state index in [4.69, 9.17) is 4.74 Å². The summed E-state index contributed by atoms with van der Waals surface area (Å²) >= 11 is 0. The highest BCUT2D eigenvalue weighted by Crippen LogP contribution is 2.20. The number of aryl methyl sites for hydroxylation is 2. The molecule has 0 heterocycles. The summed E-state index contributed by atoms with van der Waals surface area (Å²) in [4.78, 5) is 24.5. The number of ether oxygens (including phenoxy) is 1. The lowest BCUT2D eigenvalue weighted by molar-refractivity contribution is -0.123. The van der Waals surface area contributed by atoms with E-state index in [1.807, 2.05) is 26.0 Å². The van der Waals surface area contributed by atoms with Gasteiger partial charge in [0.15, 0.2) is 6.10 Å². The average molecular weight is 422 g/mol. The van der Waals surface area contributed by atoms with E-state index in [2.05, 4.69) is 5.32 Å². The van der Waals surface area contributed by atoms with Crippen LogP contribution in [0.4, 0.5) is 10.1 Å². The number of esters is 1. The highest BCUT2D eigenvalue weighted by molar-refractivity contribution is 7.89. The molecule has 0 aliphatic rings. The van der Waals surface area contributed by atoms with E-state index in [1.54, 1.807) is 6.07 Å². The first kappa shape index (κ1) is 22.5. The first-order valence-corrected chi connectivity index (χ1v) is 10.2. The van der Waals surface area contributed by atoms with Gasteiger partial charge >= 0.3 is 5.97 Å². The van der Waals surface area contributed by atoms with E-state index < -0.39 is 39.4 Å². The molecule has 0 aliphatic heterocycles. The molecular formula is C20H23FN2O5S. The first-order valence-electron chi connectivity index (χ1n) is 8.74. The van der Waals surface area contributed by atoms with Gasteiger partial charge in [0.05, 0.1) is 10.5 Å². The molecule has 1 amide bonds. The molecular weight excluding hydrogens is 399 g/mol. The summed E-state index contributed by atoms with van der Waals surface area (Å²) in [7, 11) is -1.23. The van der Waals surface area contributed by atoms with Gasteiger partial charge in [0, 0.05) is 19.8 Å². The van der Waals surface area contributed by atoms with Gasteiger partial charge in [-0.25, -0.2) is 21.9 Å². The number of carbonyl (C=O) groups excluding carboxylic acids is 2. The Morgan fingerprint density at radius 1 is 1.10 bits per heavy atom. The molecule has 0 aromatic heterocycles. The molecule has 0 saturated heterocycles. The quantitative estimate of drug-likeness (QED) is 0.723. The minimum absolute atomic E-state index is 0.261. The fourth-order valence-electron chi connectivity index (χ4n) is 2.41. The van der Waals surface area contributed by atoms with Crippen LogP contribution in [0.15, 0.2) is 41.3 Å². The van der Waals surface area contributed by atoms with Gasteiger partial charge in [0.2, 0.25) is 10.0 Å². The highest BCUT2D eigenvalue weighted by Gasteiger charge is 2.25. The first-order chi connectivity index (χ1) is 13.4. The maximum atomic E-state index is 14.1. The third-order valence-electron chi connectivity index (χ3n) is 4.24. The average Bonchev–Trinajstić information content (AvgIpc) is 2.64. The predicted octanol–water partition coefficient (Wildman–Crippen LogP) is 2.88. The number of benzene rings is 2. The van der Waals surface area contributed by atoms with Crippen molar-refractivity contribution in [2.75, 3.05) is 19.4 Å². The molecule has 9 heteroatoms. The summed E-state index contributed by atoms with van der Waals surface area (Å²) in [5.41, 5.74) is 1.77. The molecule has 2 rings (SSSR count). The standard InChI is InChI=1S/C20H23FN2O5S/c1-12-6-7-13(2)18(10-12)22-19(24)14(3)28-20(25)16-11-15(8-9-17(16)21)29(26,27)23(4)5/h6-11,14H,1-5H3,(H,22,24)/t14-/m1/s1. The Balaban J connectivity index is 2.19. The van der Waals surface area contributed by atoms with E-state index in [-0.39, 0.29) is 4.90 Å². The second kappa shape index (κ2) is 8.71. The van der Waals surface area contributed by atoms with Crippen LogP contribution in [0.3, 0.4) is 0 Å². The van der Waals surface area contributed by atoms with E-state index in [9.17, 15) is 22.4 Å². The van der Waals surface area contributed by atoms with Crippen molar-refractivity contribution in [1.82, 2.24) is 4.31 Å². The molecule has 156 valence electrons. The summed E-state index contributed by atoms with van der Waals surface area (Å²) in [6, 6.07) is 8.32. The molecule has 0 bridgehead atoms. The second-order valence-electron chi connectivity index (χ2n) is 6.78. The van der Waals surface area contributed by atoms with Crippen molar-refractivity contribution in [1.29, 1.82) is 0 Å². The topological polar surface area (TPSA) is 92.8 Å². The van der Waals surface area contributed by atoms with E-state index in [0.29, 0.717) is 5.69 Å². The van der Waals surface area contributed by atoms with Crippen LogP contribution in [-0.4, -0.2) is 44.8 Å². The number of hydrogen-bond acceptors (Lipinski definition) is 5. The highest BCUT2D eigenvalue weighted by atomic mass is 32.2. The number of rotatable bonds is 6. The Hall–Kier alpha value is -2.78. The summed E-state index contributed by atoms with van der Waals surface area (Å²) in [5, 5.41) is 2.66. The SMILES string of the molecule is Cc1ccc(C)c(NC(=O)[C@@H](C)OC(=O)c2cc(S(=O)(=O)N(C)C)ccc2F)c1. The monoisotopic (exact) mass is 422 g/mol. The number of sulfonamides is 1. The maximum absolute atomic E-state index is 14.1. The minimum atomic E-state index is -3.86. The van der Waals surface area contributed by atoms with Crippen molar-refractivity contribution < 1.29 is 27.1 Å². The number of carbonyl (C=O) groups is 2. The van der Waals surface area contributed by atoms with Crippen molar-refractivity contribution in [2.45, 2.75) is 31.8 Å². The van der Waals surface area contributed by atoms with Gasteiger partial charge in [-0.1, -0.05) is 12.1 Å². The van der Waals surface area contributed by atoms with Gasteiger partial charge in [0.25, 0.3) is 5.91 Å². The molecule has 0 aliphatic carbocycles. The molecule has 0 fully saturated rings. The van der Waals surface area contributed by atoms with Crippen LogP contribution < -0.4 is 5.32 Å². The number of amides is 1. The second-order valence-corrected chi connectivity index (χ2v) is 8.94. The zero-order valence-corrected chi connectivity index (χ0v) is 17.6. The van der Waals surface area contributed by atoms with E-state index in [1.165, 1.54) is 21.0 Å². The molecule has 7 nitrogen and oxygen atoms in total. The van der Waals surface area contributed by atoms with Gasteiger partial charge in [-0.3, -0.25) is 4.79 Å². The van der Waals surface area contributed by atoms with Crippen LogP contribution in [0, 0.1) is 19.7 Å².